The molecule has 174 valence electrons. The monoisotopic (exact) mass is 456 g/mol. The summed E-state index contributed by atoms with van der Waals surface area (Å²) in [5, 5.41) is 0. The Morgan fingerprint density at radius 3 is 2.38 bits per heavy atom. The predicted molar refractivity (Wildman–Crippen MR) is 129 cm³/mol. The first kappa shape index (κ1) is 22.0. The molecule has 3 aromatic rings. The number of likely N-dealkylation sites (N-methyl/N-ethyl adjacent to an activating group) is 1. The van der Waals surface area contributed by atoms with Crippen LogP contribution < -0.4 is 9.47 Å². The van der Waals surface area contributed by atoms with Crippen LogP contribution in [0.1, 0.15) is 44.6 Å². The van der Waals surface area contributed by atoms with Gasteiger partial charge in [0.1, 0.15) is 0 Å². The van der Waals surface area contributed by atoms with E-state index in [2.05, 4.69) is 6.07 Å². The van der Waals surface area contributed by atoms with Crippen molar-refractivity contribution in [3.63, 3.8) is 0 Å². The van der Waals surface area contributed by atoms with Gasteiger partial charge in [0.05, 0.1) is 26.2 Å². The van der Waals surface area contributed by atoms with Gasteiger partial charge in [0, 0.05) is 25.7 Å². The first-order valence-electron chi connectivity index (χ1n) is 11.5. The summed E-state index contributed by atoms with van der Waals surface area (Å²) < 4.78 is 11.0. The fourth-order valence-corrected chi connectivity index (χ4v) is 5.29. The Hall–Kier alpha value is -3.80. The number of hydrogen-bond acceptors (Lipinski definition) is 4. The van der Waals surface area contributed by atoms with Crippen LogP contribution in [0, 0.1) is 0 Å². The van der Waals surface area contributed by atoms with Crippen LogP contribution in [0.2, 0.25) is 0 Å². The lowest BCUT2D eigenvalue weighted by molar-refractivity contribution is -0.134. The van der Waals surface area contributed by atoms with E-state index in [1.165, 1.54) is 5.56 Å². The quantitative estimate of drug-likeness (QED) is 0.578. The molecule has 0 fully saturated rings. The molecule has 0 saturated heterocycles. The largest absolute Gasteiger partial charge is 0.493 e. The Bertz CT molecular complexity index is 1240. The lowest BCUT2D eigenvalue weighted by Crippen LogP contribution is -2.50. The Balaban J connectivity index is 1.65. The van der Waals surface area contributed by atoms with Crippen molar-refractivity contribution in [2.24, 2.45) is 0 Å². The number of nitrogens with zero attached hydrogens (tertiary/aromatic N) is 2. The minimum atomic E-state index is -0.553. The molecule has 34 heavy (non-hydrogen) atoms. The van der Waals surface area contributed by atoms with Crippen molar-refractivity contribution in [3.8, 4) is 11.5 Å². The van der Waals surface area contributed by atoms with Gasteiger partial charge in [0.25, 0.3) is 5.91 Å². The third kappa shape index (κ3) is 3.59. The average Bonchev–Trinajstić information content (AvgIpc) is 2.88. The highest BCUT2D eigenvalue weighted by molar-refractivity contribution is 6.02. The number of carbonyl (C=O) groups is 2. The molecule has 0 aliphatic carbocycles. The van der Waals surface area contributed by atoms with Crippen LogP contribution in [0.4, 0.5) is 0 Å². The number of hydrogen-bond donors (Lipinski definition) is 0. The topological polar surface area (TPSA) is 59.1 Å². The summed E-state index contributed by atoms with van der Waals surface area (Å²) >= 11 is 0. The molecular weight excluding hydrogens is 428 g/mol. The van der Waals surface area contributed by atoms with Crippen molar-refractivity contribution in [3.05, 3.63) is 94.5 Å². The Morgan fingerprint density at radius 1 is 0.971 bits per heavy atom. The lowest BCUT2D eigenvalue weighted by atomic mass is 9.75. The van der Waals surface area contributed by atoms with Crippen LogP contribution in [0.15, 0.2) is 66.7 Å². The molecule has 0 bridgehead atoms. The third-order valence-electron chi connectivity index (χ3n) is 6.93. The maximum Gasteiger partial charge on any atom is 0.254 e. The first-order chi connectivity index (χ1) is 16.5. The second-order valence-electron chi connectivity index (χ2n) is 8.84. The molecule has 0 aromatic heterocycles. The number of benzene rings is 3. The van der Waals surface area contributed by atoms with E-state index in [4.69, 9.17) is 9.47 Å². The Morgan fingerprint density at radius 2 is 1.65 bits per heavy atom. The van der Waals surface area contributed by atoms with E-state index in [1.54, 1.807) is 31.3 Å². The summed E-state index contributed by atoms with van der Waals surface area (Å²) in [7, 11) is 4.94. The molecule has 2 amide bonds. The van der Waals surface area contributed by atoms with E-state index in [1.807, 2.05) is 60.5 Å². The number of methoxy groups -OCH3 is 2. The molecule has 3 aromatic carbocycles. The number of rotatable bonds is 5. The number of ether oxygens (including phenoxy) is 2. The summed E-state index contributed by atoms with van der Waals surface area (Å²) in [6.07, 6.45) is 0.766. The van der Waals surface area contributed by atoms with Crippen molar-refractivity contribution in [1.29, 1.82) is 0 Å². The second-order valence-corrected chi connectivity index (χ2v) is 8.84. The molecule has 6 nitrogen and oxygen atoms in total. The van der Waals surface area contributed by atoms with E-state index in [0.717, 1.165) is 17.5 Å². The summed E-state index contributed by atoms with van der Waals surface area (Å²) in [4.78, 5) is 31.4. The van der Waals surface area contributed by atoms with Gasteiger partial charge in [-0.15, -0.1) is 0 Å². The molecule has 0 radical (unpaired) electrons. The molecule has 0 N–H and O–H groups in total. The van der Waals surface area contributed by atoms with E-state index >= 15 is 0 Å². The average molecular weight is 457 g/mol. The van der Waals surface area contributed by atoms with E-state index in [9.17, 15) is 9.59 Å². The molecule has 2 aliphatic heterocycles. The van der Waals surface area contributed by atoms with E-state index < -0.39 is 5.92 Å². The van der Waals surface area contributed by atoms with Gasteiger partial charge in [0.2, 0.25) is 5.91 Å². The van der Waals surface area contributed by atoms with Crippen LogP contribution in [0.25, 0.3) is 0 Å². The van der Waals surface area contributed by atoms with Crippen LogP contribution >= 0.6 is 0 Å². The zero-order valence-electron chi connectivity index (χ0n) is 19.7. The Kier molecular flexibility index (Phi) is 5.74. The van der Waals surface area contributed by atoms with Gasteiger partial charge in [-0.3, -0.25) is 9.59 Å². The molecule has 0 saturated carbocycles. The third-order valence-corrected chi connectivity index (χ3v) is 6.93. The highest BCUT2D eigenvalue weighted by atomic mass is 16.5. The molecule has 0 unspecified atom stereocenters. The van der Waals surface area contributed by atoms with Gasteiger partial charge in [-0.25, -0.2) is 0 Å². The standard InChI is InChI=1S/C28H28N2O4/c1-29(17-18-9-5-4-6-10-18)28(32)25-21-15-23(33-2)24(34-3)16-22(21)27(31)30-14-13-19-11-7-8-12-20(19)26(25)30/h4-12,15-16,25-26H,13-14,17H2,1-3H3/t25-,26+/m0/s1. The minimum absolute atomic E-state index is 0.0310. The van der Waals surface area contributed by atoms with Crippen molar-refractivity contribution < 1.29 is 19.1 Å². The fraction of sp³-hybridized carbons (Fsp3) is 0.286. The van der Waals surface area contributed by atoms with Crippen LogP contribution in [0.5, 0.6) is 11.5 Å². The van der Waals surface area contributed by atoms with Crippen molar-refractivity contribution in [2.75, 3.05) is 27.8 Å². The van der Waals surface area contributed by atoms with Crippen molar-refractivity contribution >= 4 is 11.8 Å². The highest BCUT2D eigenvalue weighted by Crippen LogP contribution is 2.49. The predicted octanol–water partition coefficient (Wildman–Crippen LogP) is 4.20. The normalized spacial score (nSPS) is 18.4. The minimum Gasteiger partial charge on any atom is -0.493 e. The molecule has 5 rings (SSSR count). The van der Waals surface area contributed by atoms with Crippen molar-refractivity contribution in [2.45, 2.75) is 24.9 Å². The molecule has 2 atom stereocenters. The summed E-state index contributed by atoms with van der Waals surface area (Å²) in [5.74, 6) is 0.328. The van der Waals surface area contributed by atoms with Gasteiger partial charge in [-0.1, -0.05) is 54.6 Å². The molecule has 0 spiro atoms. The maximum atomic E-state index is 14.1. The second kappa shape index (κ2) is 8.86. The van der Waals surface area contributed by atoms with Crippen LogP contribution in [-0.4, -0.2) is 49.4 Å². The zero-order valence-corrected chi connectivity index (χ0v) is 19.7. The van der Waals surface area contributed by atoms with Crippen molar-refractivity contribution in [1.82, 2.24) is 9.80 Å². The number of amides is 2. The molecule has 6 heteroatoms. The highest BCUT2D eigenvalue weighted by Gasteiger charge is 2.47. The number of carbonyl (C=O) groups excluding carboxylic acids is 2. The molecule has 2 heterocycles. The summed E-state index contributed by atoms with van der Waals surface area (Å²) in [6, 6.07) is 21.2. The first-order valence-corrected chi connectivity index (χ1v) is 11.5. The van der Waals surface area contributed by atoms with E-state index in [0.29, 0.717) is 35.7 Å². The Labute approximate surface area is 199 Å². The molecule has 2 aliphatic rings. The van der Waals surface area contributed by atoms with Gasteiger partial charge >= 0.3 is 0 Å². The SMILES string of the molecule is COc1cc2c(cc1OC)[C@H](C(=O)N(C)Cc1ccccc1)[C@H]1c3ccccc3CCN1C2=O. The summed E-state index contributed by atoms with van der Waals surface area (Å²) in [6.45, 7) is 1.06. The van der Waals surface area contributed by atoms with Gasteiger partial charge < -0.3 is 19.3 Å². The summed E-state index contributed by atoms with van der Waals surface area (Å²) in [5.41, 5.74) is 4.46. The molecular formula is C28H28N2O4. The number of fused-ring (bicyclic) bond motifs is 4. The smallest absolute Gasteiger partial charge is 0.254 e. The van der Waals surface area contributed by atoms with Crippen LogP contribution in [-0.2, 0) is 17.8 Å². The maximum absolute atomic E-state index is 14.1. The van der Waals surface area contributed by atoms with Crippen LogP contribution in [0.3, 0.4) is 0 Å². The van der Waals surface area contributed by atoms with E-state index in [-0.39, 0.29) is 17.9 Å². The lowest BCUT2D eigenvalue weighted by Gasteiger charge is -2.46. The zero-order chi connectivity index (χ0) is 23.8. The van der Waals surface area contributed by atoms with Gasteiger partial charge in [0.15, 0.2) is 11.5 Å². The fourth-order valence-electron chi connectivity index (χ4n) is 5.29. The van der Waals surface area contributed by atoms with Gasteiger partial charge in [-0.05, 0) is 40.8 Å². The van der Waals surface area contributed by atoms with Gasteiger partial charge in [-0.2, -0.15) is 0 Å².